The van der Waals surface area contributed by atoms with Crippen molar-refractivity contribution in [1.29, 1.82) is 0 Å². The standard InChI is InChI=1S/C22H24N2O3/c1-3-17-14-24-19(12-16-6-5-7-20(27-17)21(16)24)22(25)23-13-15-8-10-18(11-9-15)26-4-2/h5-12,17H,3-4,13-14H2,1-2H3,(H,23,25)/t17-/m0/s1. The highest BCUT2D eigenvalue weighted by Gasteiger charge is 2.25. The van der Waals surface area contributed by atoms with Gasteiger partial charge >= 0.3 is 0 Å². The van der Waals surface area contributed by atoms with Gasteiger partial charge < -0.3 is 19.4 Å². The predicted molar refractivity (Wildman–Crippen MR) is 105 cm³/mol. The van der Waals surface area contributed by atoms with Crippen LogP contribution in [0.3, 0.4) is 0 Å². The number of hydrogen-bond acceptors (Lipinski definition) is 3. The largest absolute Gasteiger partial charge is 0.494 e. The summed E-state index contributed by atoms with van der Waals surface area (Å²) in [5.41, 5.74) is 2.73. The van der Waals surface area contributed by atoms with Gasteiger partial charge in [-0.2, -0.15) is 0 Å². The van der Waals surface area contributed by atoms with Crippen LogP contribution in [0.15, 0.2) is 48.5 Å². The molecule has 1 amide bonds. The van der Waals surface area contributed by atoms with E-state index in [0.29, 0.717) is 25.4 Å². The number of hydrogen-bond donors (Lipinski definition) is 1. The van der Waals surface area contributed by atoms with Crippen molar-refractivity contribution in [2.75, 3.05) is 6.61 Å². The minimum Gasteiger partial charge on any atom is -0.494 e. The van der Waals surface area contributed by atoms with E-state index in [2.05, 4.69) is 16.8 Å². The molecule has 27 heavy (non-hydrogen) atoms. The summed E-state index contributed by atoms with van der Waals surface area (Å²) in [5.74, 6) is 1.63. The van der Waals surface area contributed by atoms with Crippen molar-refractivity contribution >= 4 is 16.8 Å². The molecule has 0 spiro atoms. The van der Waals surface area contributed by atoms with Gasteiger partial charge in [-0.05, 0) is 43.2 Å². The Hall–Kier alpha value is -2.95. The average Bonchev–Trinajstić information content (AvgIpc) is 3.07. The molecule has 0 fully saturated rings. The van der Waals surface area contributed by atoms with Gasteiger partial charge in [0.1, 0.15) is 23.3 Å². The quantitative estimate of drug-likeness (QED) is 0.715. The fraction of sp³-hybridized carbons (Fsp3) is 0.318. The number of benzene rings is 2. The Morgan fingerprint density at radius 2 is 2.04 bits per heavy atom. The second-order valence-electron chi connectivity index (χ2n) is 6.74. The van der Waals surface area contributed by atoms with Crippen LogP contribution in [0.2, 0.25) is 0 Å². The summed E-state index contributed by atoms with van der Waals surface area (Å²) < 4.78 is 13.6. The monoisotopic (exact) mass is 364 g/mol. The number of para-hydroxylation sites is 1. The lowest BCUT2D eigenvalue weighted by Crippen LogP contribution is -2.31. The fourth-order valence-corrected chi connectivity index (χ4v) is 3.54. The van der Waals surface area contributed by atoms with Crippen LogP contribution in [0.4, 0.5) is 0 Å². The van der Waals surface area contributed by atoms with Crippen molar-refractivity contribution in [2.24, 2.45) is 0 Å². The van der Waals surface area contributed by atoms with Gasteiger partial charge in [0, 0.05) is 11.9 Å². The number of nitrogens with one attached hydrogen (secondary N) is 1. The zero-order valence-electron chi connectivity index (χ0n) is 15.7. The molecule has 140 valence electrons. The molecular weight excluding hydrogens is 340 g/mol. The molecule has 1 aliphatic rings. The lowest BCUT2D eigenvalue weighted by atomic mass is 10.2. The second-order valence-corrected chi connectivity index (χ2v) is 6.74. The molecule has 5 nitrogen and oxygen atoms in total. The smallest absolute Gasteiger partial charge is 0.268 e. The molecule has 1 atom stereocenters. The topological polar surface area (TPSA) is 52.5 Å². The van der Waals surface area contributed by atoms with Crippen LogP contribution < -0.4 is 14.8 Å². The molecule has 1 aliphatic heterocycles. The summed E-state index contributed by atoms with van der Waals surface area (Å²) >= 11 is 0. The minimum atomic E-state index is -0.0669. The molecule has 2 aromatic carbocycles. The molecule has 0 bridgehead atoms. The molecule has 1 N–H and O–H groups in total. The fourth-order valence-electron chi connectivity index (χ4n) is 3.54. The third-order valence-electron chi connectivity index (χ3n) is 4.94. The first kappa shape index (κ1) is 17.5. The van der Waals surface area contributed by atoms with E-state index >= 15 is 0 Å². The van der Waals surface area contributed by atoms with Gasteiger partial charge in [0.2, 0.25) is 0 Å². The molecule has 5 heteroatoms. The summed E-state index contributed by atoms with van der Waals surface area (Å²) in [6.45, 7) is 5.88. The summed E-state index contributed by atoms with van der Waals surface area (Å²) in [4.78, 5) is 12.9. The van der Waals surface area contributed by atoms with E-state index in [-0.39, 0.29) is 12.0 Å². The van der Waals surface area contributed by atoms with Gasteiger partial charge in [0.25, 0.3) is 5.91 Å². The summed E-state index contributed by atoms with van der Waals surface area (Å²) in [7, 11) is 0. The third kappa shape index (κ3) is 3.37. The Morgan fingerprint density at radius 3 is 2.78 bits per heavy atom. The molecule has 0 unspecified atom stereocenters. The van der Waals surface area contributed by atoms with Gasteiger partial charge in [0.15, 0.2) is 0 Å². The van der Waals surface area contributed by atoms with Crippen LogP contribution in [0.5, 0.6) is 11.5 Å². The number of nitrogens with zero attached hydrogens (tertiary/aromatic N) is 1. The first-order chi connectivity index (χ1) is 13.2. The summed E-state index contributed by atoms with van der Waals surface area (Å²) in [6.07, 6.45) is 0.995. The first-order valence-electron chi connectivity index (χ1n) is 9.48. The van der Waals surface area contributed by atoms with Gasteiger partial charge in [-0.25, -0.2) is 0 Å². The van der Waals surface area contributed by atoms with E-state index in [0.717, 1.165) is 34.4 Å². The van der Waals surface area contributed by atoms with E-state index in [4.69, 9.17) is 9.47 Å². The molecule has 0 saturated carbocycles. The van der Waals surface area contributed by atoms with Crippen LogP contribution in [-0.2, 0) is 13.1 Å². The molecule has 2 heterocycles. The molecular formula is C22H24N2O3. The normalized spacial score (nSPS) is 15.4. The molecule has 0 aliphatic carbocycles. The maximum Gasteiger partial charge on any atom is 0.268 e. The van der Waals surface area contributed by atoms with Gasteiger partial charge in [-0.3, -0.25) is 4.79 Å². The Morgan fingerprint density at radius 1 is 1.22 bits per heavy atom. The maximum absolute atomic E-state index is 12.9. The van der Waals surface area contributed by atoms with Crippen LogP contribution in [-0.4, -0.2) is 23.2 Å². The lowest BCUT2D eigenvalue weighted by molar-refractivity contribution is 0.0935. The Bertz CT molecular complexity index is 960. The van der Waals surface area contributed by atoms with Gasteiger partial charge in [-0.1, -0.05) is 31.2 Å². The van der Waals surface area contributed by atoms with E-state index in [1.54, 1.807) is 0 Å². The number of aromatic nitrogens is 1. The maximum atomic E-state index is 12.9. The third-order valence-corrected chi connectivity index (χ3v) is 4.94. The number of carbonyl (C=O) groups excluding carboxylic acids is 1. The summed E-state index contributed by atoms with van der Waals surface area (Å²) in [6, 6.07) is 15.7. The lowest BCUT2D eigenvalue weighted by Gasteiger charge is -2.26. The minimum absolute atomic E-state index is 0.0669. The van der Waals surface area contributed by atoms with Crippen LogP contribution in [0.1, 0.15) is 36.3 Å². The van der Waals surface area contributed by atoms with Crippen molar-refractivity contribution in [1.82, 2.24) is 9.88 Å². The summed E-state index contributed by atoms with van der Waals surface area (Å²) in [5, 5.41) is 4.07. The van der Waals surface area contributed by atoms with Crippen molar-refractivity contribution < 1.29 is 14.3 Å². The van der Waals surface area contributed by atoms with Crippen LogP contribution >= 0.6 is 0 Å². The van der Waals surface area contributed by atoms with E-state index < -0.39 is 0 Å². The molecule has 3 aromatic rings. The van der Waals surface area contributed by atoms with Crippen LogP contribution in [0.25, 0.3) is 10.9 Å². The predicted octanol–water partition coefficient (Wildman–Crippen LogP) is 4.14. The highest BCUT2D eigenvalue weighted by atomic mass is 16.5. The molecule has 1 aromatic heterocycles. The number of carbonyl (C=O) groups is 1. The van der Waals surface area contributed by atoms with Gasteiger partial charge in [-0.15, -0.1) is 0 Å². The molecule has 4 rings (SSSR count). The molecule has 0 saturated heterocycles. The first-order valence-corrected chi connectivity index (χ1v) is 9.48. The zero-order valence-corrected chi connectivity index (χ0v) is 15.7. The van der Waals surface area contributed by atoms with Crippen molar-refractivity contribution in [3.05, 3.63) is 59.8 Å². The second kappa shape index (κ2) is 7.35. The molecule has 0 radical (unpaired) electrons. The van der Waals surface area contributed by atoms with E-state index in [1.807, 2.05) is 55.5 Å². The van der Waals surface area contributed by atoms with Crippen molar-refractivity contribution in [3.8, 4) is 11.5 Å². The average molecular weight is 364 g/mol. The van der Waals surface area contributed by atoms with Crippen LogP contribution in [0, 0.1) is 0 Å². The Labute approximate surface area is 158 Å². The highest BCUT2D eigenvalue weighted by Crippen LogP contribution is 2.34. The van der Waals surface area contributed by atoms with Crippen molar-refractivity contribution in [2.45, 2.75) is 39.5 Å². The zero-order chi connectivity index (χ0) is 18.8. The van der Waals surface area contributed by atoms with E-state index in [9.17, 15) is 4.79 Å². The number of ether oxygens (including phenoxy) is 2. The Balaban J connectivity index is 1.54. The van der Waals surface area contributed by atoms with E-state index in [1.165, 1.54) is 0 Å². The Kier molecular flexibility index (Phi) is 4.75. The SMILES string of the molecule is CCOc1ccc(CNC(=O)c2cc3cccc4c3n2C[C@H](CC)O4)cc1. The van der Waals surface area contributed by atoms with Gasteiger partial charge in [0.05, 0.1) is 18.7 Å². The number of amides is 1. The number of rotatable bonds is 6. The van der Waals surface area contributed by atoms with Crippen molar-refractivity contribution in [3.63, 3.8) is 0 Å². The highest BCUT2D eigenvalue weighted by molar-refractivity contribution is 6.00.